The van der Waals surface area contributed by atoms with Gasteiger partial charge in [0.15, 0.2) is 18.9 Å². The minimum absolute atomic E-state index is 0.362. The molecule has 188 valence electrons. The van der Waals surface area contributed by atoms with Gasteiger partial charge in [-0.3, -0.25) is 0 Å². The van der Waals surface area contributed by atoms with Crippen molar-refractivity contribution >= 4 is 0 Å². The zero-order chi connectivity index (χ0) is 25.1. The first kappa shape index (κ1) is 26.1. The minimum Gasteiger partial charge on any atom is -0.487 e. The van der Waals surface area contributed by atoms with Gasteiger partial charge in [0.25, 0.3) is 0 Å². The van der Waals surface area contributed by atoms with Crippen LogP contribution in [0.25, 0.3) is 0 Å². The molecule has 0 spiro atoms. The first-order valence-electron chi connectivity index (χ1n) is 11.6. The van der Waals surface area contributed by atoms with Gasteiger partial charge in [-0.1, -0.05) is 19.1 Å². The molecule has 0 bridgehead atoms. The minimum atomic E-state index is -0.434. The molecule has 34 heavy (non-hydrogen) atoms. The van der Waals surface area contributed by atoms with Gasteiger partial charge in [0.2, 0.25) is 0 Å². The Bertz CT molecular complexity index is 973. The van der Waals surface area contributed by atoms with Crippen molar-refractivity contribution in [1.82, 2.24) is 0 Å². The lowest BCUT2D eigenvalue weighted by Gasteiger charge is -2.45. The highest BCUT2D eigenvalue weighted by Gasteiger charge is 2.45. The van der Waals surface area contributed by atoms with Crippen LogP contribution in [0, 0.1) is 0 Å². The summed E-state index contributed by atoms with van der Waals surface area (Å²) in [7, 11) is 4.84. The van der Waals surface area contributed by atoms with Gasteiger partial charge < -0.3 is 33.2 Å². The number of hydrogen-bond acceptors (Lipinski definition) is 7. The highest BCUT2D eigenvalue weighted by Crippen LogP contribution is 2.52. The van der Waals surface area contributed by atoms with Crippen molar-refractivity contribution in [1.29, 1.82) is 0 Å². The summed E-state index contributed by atoms with van der Waals surface area (Å²) >= 11 is 0. The van der Waals surface area contributed by atoms with Crippen molar-refractivity contribution in [3.8, 4) is 23.0 Å². The number of methoxy groups -OCH3 is 3. The smallest absolute Gasteiger partial charge is 0.196 e. The molecule has 4 atom stereocenters. The highest BCUT2D eigenvalue weighted by molar-refractivity contribution is 5.56. The molecule has 7 heteroatoms. The van der Waals surface area contributed by atoms with Crippen molar-refractivity contribution in [2.45, 2.75) is 77.8 Å². The van der Waals surface area contributed by atoms with Crippen molar-refractivity contribution < 1.29 is 33.2 Å². The van der Waals surface area contributed by atoms with E-state index in [1.54, 1.807) is 21.3 Å². The van der Waals surface area contributed by atoms with Gasteiger partial charge in [0.05, 0.1) is 0 Å². The Labute approximate surface area is 203 Å². The molecule has 7 nitrogen and oxygen atoms in total. The maximum atomic E-state index is 6.40. The van der Waals surface area contributed by atoms with Crippen molar-refractivity contribution in [3.05, 3.63) is 47.5 Å². The summed E-state index contributed by atoms with van der Waals surface area (Å²) < 4.78 is 40.3. The lowest BCUT2D eigenvalue weighted by molar-refractivity contribution is -0.0434. The maximum Gasteiger partial charge on any atom is 0.196 e. The molecule has 1 aliphatic rings. The second-order valence-electron chi connectivity index (χ2n) is 9.45. The molecule has 1 aliphatic heterocycles. The predicted octanol–water partition coefficient (Wildman–Crippen LogP) is 5.67. The summed E-state index contributed by atoms with van der Waals surface area (Å²) in [5.41, 5.74) is 1.25. The summed E-state index contributed by atoms with van der Waals surface area (Å²) in [6, 6.07) is 11.8. The SMILES string of the molecule is COC(C)Oc1ccc(C2(C)CC(C)(C)Oc3cc(OC(C)OC)ccc32)c(OC(C)OC)c1. The lowest BCUT2D eigenvalue weighted by atomic mass is 9.67. The Morgan fingerprint density at radius 1 is 0.706 bits per heavy atom. The number of benzene rings is 2. The third-order valence-electron chi connectivity index (χ3n) is 6.15. The fourth-order valence-corrected chi connectivity index (χ4v) is 4.47. The second-order valence-corrected chi connectivity index (χ2v) is 9.45. The van der Waals surface area contributed by atoms with Crippen molar-refractivity contribution in [2.75, 3.05) is 21.3 Å². The molecule has 2 aromatic rings. The Kier molecular flexibility index (Phi) is 8.01. The van der Waals surface area contributed by atoms with Crippen LogP contribution in [0.5, 0.6) is 23.0 Å². The Morgan fingerprint density at radius 3 is 1.76 bits per heavy atom. The topological polar surface area (TPSA) is 64.6 Å². The van der Waals surface area contributed by atoms with E-state index >= 15 is 0 Å². The van der Waals surface area contributed by atoms with Crippen molar-refractivity contribution in [2.24, 2.45) is 0 Å². The largest absolute Gasteiger partial charge is 0.487 e. The van der Waals surface area contributed by atoms with E-state index in [0.717, 1.165) is 23.3 Å². The van der Waals surface area contributed by atoms with E-state index in [0.29, 0.717) is 17.2 Å². The van der Waals surface area contributed by atoms with E-state index in [1.165, 1.54) is 0 Å². The molecule has 0 amide bonds. The van der Waals surface area contributed by atoms with E-state index in [2.05, 4.69) is 32.9 Å². The maximum absolute atomic E-state index is 6.40. The molecule has 0 radical (unpaired) electrons. The lowest BCUT2D eigenvalue weighted by Crippen LogP contribution is -2.43. The van der Waals surface area contributed by atoms with Crippen LogP contribution in [0.1, 0.15) is 59.1 Å². The highest BCUT2D eigenvalue weighted by atomic mass is 16.7. The number of hydrogen-bond donors (Lipinski definition) is 0. The van der Waals surface area contributed by atoms with E-state index in [1.807, 2.05) is 45.0 Å². The fraction of sp³-hybridized carbons (Fsp3) is 0.556. The second kappa shape index (κ2) is 10.4. The van der Waals surface area contributed by atoms with Gasteiger partial charge in [-0.15, -0.1) is 0 Å². The zero-order valence-electron chi connectivity index (χ0n) is 21.8. The summed E-state index contributed by atoms with van der Waals surface area (Å²) in [5, 5.41) is 0. The summed E-state index contributed by atoms with van der Waals surface area (Å²) in [6.45, 7) is 12.0. The number of rotatable bonds is 10. The molecule has 0 saturated carbocycles. The zero-order valence-corrected chi connectivity index (χ0v) is 21.8. The van der Waals surface area contributed by atoms with Gasteiger partial charge in [-0.05, 0) is 46.8 Å². The van der Waals surface area contributed by atoms with Crippen LogP contribution < -0.4 is 18.9 Å². The van der Waals surface area contributed by atoms with Crippen molar-refractivity contribution in [3.63, 3.8) is 0 Å². The standard InChI is InChI=1S/C27H38O7/c1-17(28-7)31-20-10-12-22(24(14-20)33-19(3)30-9)27(6)16-26(4,5)34-25-15-21(11-13-23(25)27)32-18(2)29-8/h10-15,17-19H,16H2,1-9H3. The molecule has 0 fully saturated rings. The third-order valence-corrected chi connectivity index (χ3v) is 6.15. The Hall–Kier alpha value is -2.48. The van der Waals surface area contributed by atoms with E-state index in [9.17, 15) is 0 Å². The first-order chi connectivity index (χ1) is 16.0. The molecule has 0 aromatic heterocycles. The van der Waals surface area contributed by atoms with Crippen LogP contribution in [-0.4, -0.2) is 45.8 Å². The summed E-state index contributed by atoms with van der Waals surface area (Å²) in [5.74, 6) is 2.81. The first-order valence-corrected chi connectivity index (χ1v) is 11.6. The van der Waals surface area contributed by atoms with Crippen LogP contribution in [0.2, 0.25) is 0 Å². The molecule has 2 aromatic carbocycles. The molecule has 1 heterocycles. The monoisotopic (exact) mass is 474 g/mol. The van der Waals surface area contributed by atoms with Crippen LogP contribution in [-0.2, 0) is 19.6 Å². The van der Waals surface area contributed by atoms with Crippen LogP contribution in [0.3, 0.4) is 0 Å². The van der Waals surface area contributed by atoms with Gasteiger partial charge in [0.1, 0.15) is 28.6 Å². The molecular formula is C27H38O7. The molecule has 0 aliphatic carbocycles. The third kappa shape index (κ3) is 5.77. The fourth-order valence-electron chi connectivity index (χ4n) is 4.47. The Morgan fingerprint density at radius 2 is 1.21 bits per heavy atom. The molecule has 4 unspecified atom stereocenters. The number of ether oxygens (including phenoxy) is 7. The molecule has 3 rings (SSSR count). The quantitative estimate of drug-likeness (QED) is 0.411. The van der Waals surface area contributed by atoms with Gasteiger partial charge in [0, 0.05) is 56.4 Å². The van der Waals surface area contributed by atoms with Crippen LogP contribution in [0.4, 0.5) is 0 Å². The van der Waals surface area contributed by atoms with E-state index in [-0.39, 0.29) is 12.6 Å². The van der Waals surface area contributed by atoms with Gasteiger partial charge in [-0.2, -0.15) is 0 Å². The van der Waals surface area contributed by atoms with Gasteiger partial charge in [-0.25, -0.2) is 0 Å². The number of fused-ring (bicyclic) bond motifs is 1. The van der Waals surface area contributed by atoms with E-state index < -0.39 is 17.3 Å². The van der Waals surface area contributed by atoms with Crippen LogP contribution >= 0.6 is 0 Å². The molecular weight excluding hydrogens is 436 g/mol. The predicted molar refractivity (Wildman–Crippen MR) is 130 cm³/mol. The summed E-state index contributed by atoms with van der Waals surface area (Å²) in [4.78, 5) is 0. The molecule has 0 N–H and O–H groups in total. The van der Waals surface area contributed by atoms with Gasteiger partial charge >= 0.3 is 0 Å². The molecule has 0 saturated heterocycles. The summed E-state index contributed by atoms with van der Waals surface area (Å²) in [6.07, 6.45) is -0.437. The van der Waals surface area contributed by atoms with E-state index in [4.69, 9.17) is 33.2 Å². The van der Waals surface area contributed by atoms with Crippen LogP contribution in [0.15, 0.2) is 36.4 Å². The Balaban J connectivity index is 2.11. The normalized spacial score (nSPS) is 21.6. The average Bonchev–Trinajstić information content (AvgIpc) is 2.77. The average molecular weight is 475 g/mol.